The molecule has 2 heterocycles. The standard InChI is InChI=1S/C16H20F2N4O2S/c1-20-7-6-19-15(20)12-21-8-10-22(11-9-21)13-2-4-14(5-3-13)25(23,24)16(17)18/h2-7,16H,8-12H2,1H3. The van der Waals surface area contributed by atoms with Crippen LogP contribution in [0, 0.1) is 0 Å². The number of halogens is 2. The molecule has 136 valence electrons. The number of sulfone groups is 1. The van der Waals surface area contributed by atoms with Crippen LogP contribution in [0.25, 0.3) is 0 Å². The smallest absolute Gasteiger partial charge is 0.341 e. The van der Waals surface area contributed by atoms with E-state index < -0.39 is 15.6 Å². The number of aryl methyl sites for hydroxylation is 1. The monoisotopic (exact) mass is 370 g/mol. The summed E-state index contributed by atoms with van der Waals surface area (Å²) in [7, 11) is -2.57. The topological polar surface area (TPSA) is 58.4 Å². The Bertz CT molecular complexity index is 813. The molecule has 1 saturated heterocycles. The van der Waals surface area contributed by atoms with Gasteiger partial charge in [-0.1, -0.05) is 0 Å². The van der Waals surface area contributed by atoms with E-state index in [1.165, 1.54) is 12.1 Å². The van der Waals surface area contributed by atoms with Crippen molar-refractivity contribution in [3.63, 3.8) is 0 Å². The van der Waals surface area contributed by atoms with E-state index in [1.807, 2.05) is 17.8 Å². The molecule has 1 aromatic heterocycles. The van der Waals surface area contributed by atoms with Crippen molar-refractivity contribution in [1.82, 2.24) is 14.5 Å². The highest BCUT2D eigenvalue weighted by Gasteiger charge is 2.26. The molecule has 6 nitrogen and oxygen atoms in total. The summed E-state index contributed by atoms with van der Waals surface area (Å²) >= 11 is 0. The summed E-state index contributed by atoms with van der Waals surface area (Å²) in [5, 5.41) is 0. The van der Waals surface area contributed by atoms with Gasteiger partial charge in [-0.15, -0.1) is 0 Å². The van der Waals surface area contributed by atoms with Crippen LogP contribution >= 0.6 is 0 Å². The minimum absolute atomic E-state index is 0.348. The normalized spacial score (nSPS) is 16.6. The third kappa shape index (κ3) is 3.82. The number of aromatic nitrogens is 2. The predicted molar refractivity (Wildman–Crippen MR) is 90.3 cm³/mol. The predicted octanol–water partition coefficient (Wildman–Crippen LogP) is 1.74. The van der Waals surface area contributed by atoms with Crippen LogP contribution in [0.1, 0.15) is 5.82 Å². The molecule has 0 radical (unpaired) electrons. The lowest BCUT2D eigenvalue weighted by atomic mass is 10.2. The zero-order chi connectivity index (χ0) is 18.0. The first kappa shape index (κ1) is 17.8. The summed E-state index contributed by atoms with van der Waals surface area (Å²) < 4.78 is 50.1. The highest BCUT2D eigenvalue weighted by molar-refractivity contribution is 7.91. The fourth-order valence-electron chi connectivity index (χ4n) is 2.86. The summed E-state index contributed by atoms with van der Waals surface area (Å²) in [4.78, 5) is 8.39. The number of piperazine rings is 1. The molecule has 0 spiro atoms. The Morgan fingerprint density at radius 2 is 1.76 bits per heavy atom. The number of benzene rings is 1. The molecule has 1 fully saturated rings. The van der Waals surface area contributed by atoms with Crippen molar-refractivity contribution < 1.29 is 17.2 Å². The van der Waals surface area contributed by atoms with Gasteiger partial charge in [-0.05, 0) is 24.3 Å². The molecule has 25 heavy (non-hydrogen) atoms. The lowest BCUT2D eigenvalue weighted by molar-refractivity contribution is 0.234. The molecule has 9 heteroatoms. The Hall–Kier alpha value is -2.00. The minimum Gasteiger partial charge on any atom is -0.369 e. The molecular weight excluding hydrogens is 350 g/mol. The van der Waals surface area contributed by atoms with Crippen LogP contribution in [0.2, 0.25) is 0 Å². The Kier molecular flexibility index (Phi) is 5.05. The third-order valence-corrected chi connectivity index (χ3v) is 5.82. The Morgan fingerprint density at radius 3 is 2.28 bits per heavy atom. The molecule has 1 aliphatic heterocycles. The number of hydrogen-bond acceptors (Lipinski definition) is 5. The van der Waals surface area contributed by atoms with Gasteiger partial charge in [0.1, 0.15) is 5.82 Å². The highest BCUT2D eigenvalue weighted by Crippen LogP contribution is 2.23. The second kappa shape index (κ2) is 7.09. The van der Waals surface area contributed by atoms with E-state index in [9.17, 15) is 17.2 Å². The van der Waals surface area contributed by atoms with Crippen LogP contribution in [0.15, 0.2) is 41.6 Å². The zero-order valence-electron chi connectivity index (χ0n) is 13.8. The van der Waals surface area contributed by atoms with E-state index in [-0.39, 0.29) is 4.90 Å². The van der Waals surface area contributed by atoms with E-state index in [2.05, 4.69) is 14.8 Å². The average molecular weight is 370 g/mol. The van der Waals surface area contributed by atoms with Gasteiger partial charge in [0.15, 0.2) is 0 Å². The first-order chi connectivity index (χ1) is 11.9. The Morgan fingerprint density at radius 1 is 1.12 bits per heavy atom. The van der Waals surface area contributed by atoms with Crippen molar-refractivity contribution >= 4 is 15.5 Å². The second-order valence-electron chi connectivity index (χ2n) is 6.02. The first-order valence-electron chi connectivity index (χ1n) is 7.93. The van der Waals surface area contributed by atoms with Gasteiger partial charge in [-0.3, -0.25) is 4.90 Å². The fraction of sp³-hybridized carbons (Fsp3) is 0.438. The summed E-state index contributed by atoms with van der Waals surface area (Å²) in [5.41, 5.74) is 0.838. The van der Waals surface area contributed by atoms with Gasteiger partial charge in [-0.2, -0.15) is 8.78 Å². The zero-order valence-corrected chi connectivity index (χ0v) is 14.7. The molecule has 0 unspecified atom stereocenters. The van der Waals surface area contributed by atoms with E-state index in [1.54, 1.807) is 18.3 Å². The maximum absolute atomic E-state index is 12.6. The van der Waals surface area contributed by atoms with E-state index in [0.717, 1.165) is 44.2 Å². The first-order valence-corrected chi connectivity index (χ1v) is 9.48. The maximum atomic E-state index is 12.6. The van der Waals surface area contributed by atoms with Crippen molar-refractivity contribution in [3.8, 4) is 0 Å². The van der Waals surface area contributed by atoms with Crippen molar-refractivity contribution in [2.45, 2.75) is 17.2 Å². The summed E-state index contributed by atoms with van der Waals surface area (Å²) in [6.45, 7) is 4.05. The number of anilines is 1. The molecule has 3 rings (SSSR count). The van der Waals surface area contributed by atoms with Gasteiger partial charge in [0.05, 0.1) is 11.4 Å². The lowest BCUT2D eigenvalue weighted by Gasteiger charge is -2.36. The van der Waals surface area contributed by atoms with E-state index >= 15 is 0 Å². The van der Waals surface area contributed by atoms with Gasteiger partial charge in [0.25, 0.3) is 0 Å². The molecular formula is C16H20F2N4O2S. The number of hydrogen-bond donors (Lipinski definition) is 0. The number of rotatable bonds is 5. The minimum atomic E-state index is -4.54. The molecule has 0 bridgehead atoms. The quantitative estimate of drug-likeness (QED) is 0.802. The van der Waals surface area contributed by atoms with Crippen LogP contribution in [0.5, 0.6) is 0 Å². The van der Waals surface area contributed by atoms with E-state index in [4.69, 9.17) is 0 Å². The van der Waals surface area contributed by atoms with Gasteiger partial charge < -0.3 is 9.47 Å². The van der Waals surface area contributed by atoms with Crippen LogP contribution in [0.4, 0.5) is 14.5 Å². The van der Waals surface area contributed by atoms with Gasteiger partial charge in [0, 0.05) is 51.3 Å². The van der Waals surface area contributed by atoms with Crippen molar-refractivity contribution in [1.29, 1.82) is 0 Å². The Balaban J connectivity index is 1.60. The SMILES string of the molecule is Cn1ccnc1CN1CCN(c2ccc(S(=O)(=O)C(F)F)cc2)CC1. The number of alkyl halides is 2. The molecule has 1 aliphatic rings. The maximum Gasteiger partial charge on any atom is 0.341 e. The van der Waals surface area contributed by atoms with Crippen LogP contribution < -0.4 is 4.90 Å². The van der Waals surface area contributed by atoms with Crippen LogP contribution in [-0.4, -0.2) is 54.8 Å². The summed E-state index contributed by atoms with van der Waals surface area (Å²) in [6.07, 6.45) is 3.70. The fourth-order valence-corrected chi connectivity index (χ4v) is 3.58. The molecule has 0 N–H and O–H groups in total. The largest absolute Gasteiger partial charge is 0.369 e. The van der Waals surface area contributed by atoms with Crippen molar-refractivity contribution in [2.75, 3.05) is 31.1 Å². The van der Waals surface area contributed by atoms with Gasteiger partial charge in [0.2, 0.25) is 9.84 Å². The van der Waals surface area contributed by atoms with Gasteiger partial charge >= 0.3 is 5.76 Å². The summed E-state index contributed by atoms with van der Waals surface area (Å²) in [5.74, 6) is -2.39. The van der Waals surface area contributed by atoms with Crippen LogP contribution in [-0.2, 0) is 23.4 Å². The third-order valence-electron chi connectivity index (χ3n) is 4.42. The highest BCUT2D eigenvalue weighted by atomic mass is 32.2. The molecule has 0 saturated carbocycles. The average Bonchev–Trinajstić information content (AvgIpc) is 3.00. The number of imidazole rings is 1. The Labute approximate surface area is 145 Å². The second-order valence-corrected chi connectivity index (χ2v) is 7.93. The van der Waals surface area contributed by atoms with E-state index in [0.29, 0.717) is 0 Å². The molecule has 0 atom stereocenters. The molecule has 0 amide bonds. The molecule has 2 aromatic rings. The lowest BCUT2D eigenvalue weighted by Crippen LogP contribution is -2.46. The molecule has 1 aromatic carbocycles. The van der Waals surface area contributed by atoms with Crippen molar-refractivity contribution in [2.24, 2.45) is 7.05 Å². The molecule has 0 aliphatic carbocycles. The van der Waals surface area contributed by atoms with Crippen LogP contribution in [0.3, 0.4) is 0 Å². The van der Waals surface area contributed by atoms with Gasteiger partial charge in [-0.25, -0.2) is 13.4 Å². The van der Waals surface area contributed by atoms with Crippen molar-refractivity contribution in [3.05, 3.63) is 42.5 Å². The number of nitrogens with zero attached hydrogens (tertiary/aromatic N) is 4. The summed E-state index contributed by atoms with van der Waals surface area (Å²) in [6, 6.07) is 5.67.